The lowest BCUT2D eigenvalue weighted by atomic mass is 10.1. The Morgan fingerprint density at radius 3 is 2.30 bits per heavy atom. The van der Waals surface area contributed by atoms with Crippen LogP contribution in [0.1, 0.15) is 21.5 Å². The summed E-state index contributed by atoms with van der Waals surface area (Å²) in [4.78, 5) is 12.3. The number of halogens is 2. The van der Waals surface area contributed by atoms with Gasteiger partial charge in [0.05, 0.1) is 16.9 Å². The summed E-state index contributed by atoms with van der Waals surface area (Å²) in [6, 6.07) is 9.32. The second kappa shape index (κ2) is 5.97. The van der Waals surface area contributed by atoms with Crippen molar-refractivity contribution in [3.8, 4) is 0 Å². The fourth-order valence-electron chi connectivity index (χ4n) is 1.89. The summed E-state index contributed by atoms with van der Waals surface area (Å²) in [5, 5.41) is 2.84. The van der Waals surface area contributed by atoms with Crippen molar-refractivity contribution in [1.82, 2.24) is 0 Å². The van der Waals surface area contributed by atoms with E-state index in [-0.39, 0.29) is 5.91 Å². The van der Waals surface area contributed by atoms with E-state index in [1.807, 2.05) is 38.1 Å². The smallest absolute Gasteiger partial charge is 0.256 e. The van der Waals surface area contributed by atoms with Crippen molar-refractivity contribution < 1.29 is 4.79 Å². The molecule has 0 aromatic heterocycles. The quantitative estimate of drug-likeness (QED) is 0.723. The molecular formula is C15H14Br2N2O. The first-order valence-corrected chi connectivity index (χ1v) is 7.60. The maximum Gasteiger partial charge on any atom is 0.256 e. The summed E-state index contributed by atoms with van der Waals surface area (Å²) in [7, 11) is 0. The number of amides is 1. The van der Waals surface area contributed by atoms with Gasteiger partial charge in [-0.05, 0) is 81.1 Å². The second-order valence-electron chi connectivity index (χ2n) is 4.65. The van der Waals surface area contributed by atoms with Gasteiger partial charge in [0, 0.05) is 8.95 Å². The van der Waals surface area contributed by atoms with Gasteiger partial charge < -0.3 is 11.1 Å². The van der Waals surface area contributed by atoms with Gasteiger partial charge in [0.2, 0.25) is 0 Å². The van der Waals surface area contributed by atoms with Crippen molar-refractivity contribution in [2.24, 2.45) is 0 Å². The van der Waals surface area contributed by atoms with E-state index in [1.165, 1.54) is 0 Å². The van der Waals surface area contributed by atoms with Crippen molar-refractivity contribution in [2.75, 3.05) is 11.1 Å². The van der Waals surface area contributed by atoms with Gasteiger partial charge in [-0.2, -0.15) is 0 Å². The number of carbonyl (C=O) groups excluding carboxylic acids is 1. The molecule has 0 saturated carbocycles. The first kappa shape index (κ1) is 15.1. The lowest BCUT2D eigenvalue weighted by molar-refractivity contribution is 0.102. The lowest BCUT2D eigenvalue weighted by Gasteiger charge is -2.12. The van der Waals surface area contributed by atoms with Gasteiger partial charge in [0.15, 0.2) is 0 Å². The second-order valence-corrected chi connectivity index (χ2v) is 6.36. The highest BCUT2D eigenvalue weighted by atomic mass is 79.9. The Hall–Kier alpha value is -1.33. The van der Waals surface area contributed by atoms with Crippen molar-refractivity contribution in [1.29, 1.82) is 0 Å². The minimum Gasteiger partial charge on any atom is -0.397 e. The zero-order valence-corrected chi connectivity index (χ0v) is 14.3. The Labute approximate surface area is 134 Å². The molecule has 2 aromatic carbocycles. The molecule has 2 rings (SSSR count). The van der Waals surface area contributed by atoms with E-state index in [0.29, 0.717) is 16.9 Å². The summed E-state index contributed by atoms with van der Waals surface area (Å²) in [6.45, 7) is 3.92. The van der Waals surface area contributed by atoms with Crippen LogP contribution in [0.4, 0.5) is 11.4 Å². The summed E-state index contributed by atoms with van der Waals surface area (Å²) in [5.41, 5.74) is 9.77. The minimum atomic E-state index is -0.201. The first-order chi connectivity index (χ1) is 9.38. The van der Waals surface area contributed by atoms with Gasteiger partial charge >= 0.3 is 0 Å². The third-order valence-corrected chi connectivity index (χ3v) is 4.15. The number of carbonyl (C=O) groups is 1. The van der Waals surface area contributed by atoms with Crippen molar-refractivity contribution in [3.63, 3.8) is 0 Å². The number of rotatable bonds is 2. The highest BCUT2D eigenvalue weighted by Gasteiger charge is 2.14. The summed E-state index contributed by atoms with van der Waals surface area (Å²) < 4.78 is 1.53. The van der Waals surface area contributed by atoms with E-state index in [0.717, 1.165) is 20.1 Å². The largest absolute Gasteiger partial charge is 0.397 e. The number of benzene rings is 2. The Morgan fingerprint density at radius 1 is 1.05 bits per heavy atom. The fraction of sp³-hybridized carbons (Fsp3) is 0.133. The number of anilines is 2. The molecule has 0 saturated heterocycles. The predicted molar refractivity (Wildman–Crippen MR) is 90.1 cm³/mol. The van der Waals surface area contributed by atoms with E-state index >= 15 is 0 Å². The van der Waals surface area contributed by atoms with Gasteiger partial charge in [0.1, 0.15) is 0 Å². The normalized spacial score (nSPS) is 10.4. The molecule has 0 aliphatic carbocycles. The SMILES string of the molecule is Cc1ccc(C(=O)Nc2c(N)cc(C)cc2Br)c(Br)c1. The molecule has 3 N–H and O–H groups in total. The zero-order chi connectivity index (χ0) is 14.9. The molecule has 3 nitrogen and oxygen atoms in total. The molecule has 0 unspecified atom stereocenters. The highest BCUT2D eigenvalue weighted by molar-refractivity contribution is 9.11. The predicted octanol–water partition coefficient (Wildman–Crippen LogP) is 4.66. The van der Waals surface area contributed by atoms with Gasteiger partial charge in [-0.25, -0.2) is 0 Å². The third-order valence-electron chi connectivity index (χ3n) is 2.87. The molecule has 2 aromatic rings. The van der Waals surface area contributed by atoms with Crippen molar-refractivity contribution in [2.45, 2.75) is 13.8 Å². The molecular weight excluding hydrogens is 384 g/mol. The van der Waals surface area contributed by atoms with Crippen LogP contribution in [0.2, 0.25) is 0 Å². The van der Waals surface area contributed by atoms with Crippen LogP contribution in [0.3, 0.4) is 0 Å². The van der Waals surface area contributed by atoms with Crippen LogP contribution in [0, 0.1) is 13.8 Å². The molecule has 0 aliphatic heterocycles. The Balaban J connectivity index is 2.33. The molecule has 0 heterocycles. The average molecular weight is 398 g/mol. The van der Waals surface area contributed by atoms with E-state index in [9.17, 15) is 4.79 Å². The summed E-state index contributed by atoms with van der Waals surface area (Å²) in [5.74, 6) is -0.201. The topological polar surface area (TPSA) is 55.1 Å². The standard InChI is InChI=1S/C15H14Br2N2O/c1-8-3-4-10(11(16)5-8)15(20)19-14-12(17)6-9(2)7-13(14)18/h3-7H,18H2,1-2H3,(H,19,20). The number of hydrogen-bond donors (Lipinski definition) is 2. The lowest BCUT2D eigenvalue weighted by Crippen LogP contribution is -2.14. The third kappa shape index (κ3) is 3.22. The fourth-order valence-corrected chi connectivity index (χ4v) is 3.25. The first-order valence-electron chi connectivity index (χ1n) is 6.01. The zero-order valence-electron chi connectivity index (χ0n) is 11.1. The van der Waals surface area contributed by atoms with Gasteiger partial charge in [-0.3, -0.25) is 4.79 Å². The molecule has 0 aliphatic rings. The van der Waals surface area contributed by atoms with Crippen molar-refractivity contribution >= 4 is 49.1 Å². The summed E-state index contributed by atoms with van der Waals surface area (Å²) in [6.07, 6.45) is 0. The summed E-state index contributed by atoms with van der Waals surface area (Å²) >= 11 is 6.83. The Bertz CT molecular complexity index is 661. The molecule has 0 atom stereocenters. The van der Waals surface area contributed by atoms with E-state index in [1.54, 1.807) is 6.07 Å². The van der Waals surface area contributed by atoms with Crippen LogP contribution >= 0.6 is 31.9 Å². The molecule has 0 spiro atoms. The van der Waals surface area contributed by atoms with Gasteiger partial charge in [0.25, 0.3) is 5.91 Å². The molecule has 0 radical (unpaired) electrons. The molecule has 0 fully saturated rings. The number of nitrogen functional groups attached to an aromatic ring is 1. The number of hydrogen-bond acceptors (Lipinski definition) is 2. The Morgan fingerprint density at radius 2 is 1.70 bits per heavy atom. The number of nitrogens with one attached hydrogen (secondary N) is 1. The maximum atomic E-state index is 12.3. The molecule has 20 heavy (non-hydrogen) atoms. The van der Waals surface area contributed by atoms with Crippen molar-refractivity contribution in [3.05, 3.63) is 56.0 Å². The average Bonchev–Trinajstić information content (AvgIpc) is 2.33. The highest BCUT2D eigenvalue weighted by Crippen LogP contribution is 2.31. The molecule has 1 amide bonds. The van der Waals surface area contributed by atoms with E-state index in [4.69, 9.17) is 5.73 Å². The van der Waals surface area contributed by atoms with Crippen LogP contribution in [-0.2, 0) is 0 Å². The molecule has 104 valence electrons. The van der Waals surface area contributed by atoms with Gasteiger partial charge in [-0.1, -0.05) is 6.07 Å². The van der Waals surface area contributed by atoms with Crippen LogP contribution in [0.5, 0.6) is 0 Å². The van der Waals surface area contributed by atoms with E-state index in [2.05, 4.69) is 37.2 Å². The van der Waals surface area contributed by atoms with Crippen LogP contribution in [0.25, 0.3) is 0 Å². The maximum absolute atomic E-state index is 12.3. The van der Waals surface area contributed by atoms with Crippen LogP contribution in [-0.4, -0.2) is 5.91 Å². The number of aryl methyl sites for hydroxylation is 2. The van der Waals surface area contributed by atoms with Gasteiger partial charge in [-0.15, -0.1) is 0 Å². The Kier molecular flexibility index (Phi) is 4.50. The van der Waals surface area contributed by atoms with E-state index < -0.39 is 0 Å². The molecule has 5 heteroatoms. The van der Waals surface area contributed by atoms with Crippen LogP contribution < -0.4 is 11.1 Å². The molecule has 0 bridgehead atoms. The minimum absolute atomic E-state index is 0.201. The van der Waals surface area contributed by atoms with Crippen LogP contribution in [0.15, 0.2) is 39.3 Å². The monoisotopic (exact) mass is 396 g/mol. The number of nitrogens with two attached hydrogens (primary N) is 1.